The lowest BCUT2D eigenvalue weighted by Gasteiger charge is -2.12. The molecule has 0 bridgehead atoms. The third kappa shape index (κ3) is 5.18. The van der Waals surface area contributed by atoms with Crippen LogP contribution < -0.4 is 27.2 Å². The zero-order valence-electron chi connectivity index (χ0n) is 19.0. The number of fused-ring (bicyclic) bond motifs is 1. The maximum atomic E-state index is 12.7. The van der Waals surface area contributed by atoms with Crippen molar-refractivity contribution in [1.82, 2.24) is 14.9 Å². The molecule has 4 rings (SSSR count). The number of rotatable bonds is 6. The lowest BCUT2D eigenvalue weighted by atomic mass is 10.1. The summed E-state index contributed by atoms with van der Waals surface area (Å²) in [5.74, 6) is -0.397. The first kappa shape index (κ1) is 23.2. The molecular weight excluding hydrogens is 438 g/mol. The highest BCUT2D eigenvalue weighted by atomic mass is 16.5. The van der Waals surface area contributed by atoms with Crippen molar-refractivity contribution in [1.29, 1.82) is 0 Å². The van der Waals surface area contributed by atoms with Crippen molar-refractivity contribution < 1.29 is 14.3 Å². The molecule has 1 aliphatic heterocycles. The summed E-state index contributed by atoms with van der Waals surface area (Å²) in [5.41, 5.74) is 0.775. The molecular formula is C24H27N5O5. The number of urea groups is 1. The van der Waals surface area contributed by atoms with Gasteiger partial charge in [0.2, 0.25) is 0 Å². The third-order valence-corrected chi connectivity index (χ3v) is 5.62. The highest BCUT2D eigenvalue weighted by molar-refractivity contribution is 6.06. The summed E-state index contributed by atoms with van der Waals surface area (Å²) < 4.78 is 6.62. The van der Waals surface area contributed by atoms with E-state index in [0.29, 0.717) is 34.4 Å². The second-order valence-electron chi connectivity index (χ2n) is 8.46. The number of anilines is 2. The predicted molar refractivity (Wildman–Crippen MR) is 130 cm³/mol. The van der Waals surface area contributed by atoms with Crippen molar-refractivity contribution in [3.8, 4) is 0 Å². The van der Waals surface area contributed by atoms with E-state index in [1.807, 2.05) is 0 Å². The van der Waals surface area contributed by atoms with E-state index in [4.69, 9.17) is 4.74 Å². The summed E-state index contributed by atoms with van der Waals surface area (Å²) in [7, 11) is 0. The van der Waals surface area contributed by atoms with E-state index in [9.17, 15) is 19.2 Å². The molecule has 34 heavy (non-hydrogen) atoms. The molecule has 2 heterocycles. The maximum absolute atomic E-state index is 12.7. The highest BCUT2D eigenvalue weighted by Gasteiger charge is 2.16. The quantitative estimate of drug-likeness (QED) is 0.444. The smallest absolute Gasteiger partial charge is 0.329 e. The Balaban J connectivity index is 1.40. The average Bonchev–Trinajstić information content (AvgIpc) is 3.32. The number of benzene rings is 2. The van der Waals surface area contributed by atoms with Gasteiger partial charge in [0, 0.05) is 36.1 Å². The van der Waals surface area contributed by atoms with E-state index in [-0.39, 0.29) is 18.2 Å². The fourth-order valence-electron chi connectivity index (χ4n) is 3.87. The summed E-state index contributed by atoms with van der Waals surface area (Å²) in [6, 6.07) is 10.6. The standard InChI is InChI=1S/C24H27N5O5/c1-14(2)29-22(31)19-10-5-15(12-20(19)28-24(29)33)21(30)26-16-6-8-17(9-7-16)27-23(32)25-13-18-4-3-11-34-18/h5-10,12,14,18H,3-4,11,13H2,1-2H3,(H,26,30)(H,28,33)(H2,25,27,32). The predicted octanol–water partition coefficient (Wildman–Crippen LogP) is 2.82. The Morgan fingerprint density at radius 3 is 2.44 bits per heavy atom. The number of H-pyrrole nitrogens is 1. The zero-order valence-corrected chi connectivity index (χ0v) is 19.0. The van der Waals surface area contributed by atoms with E-state index in [1.54, 1.807) is 38.1 Å². The zero-order chi connectivity index (χ0) is 24.2. The molecule has 0 spiro atoms. The number of carbonyl (C=O) groups is 2. The van der Waals surface area contributed by atoms with Crippen LogP contribution in [0.5, 0.6) is 0 Å². The minimum atomic E-state index is -0.520. The normalized spacial score (nSPS) is 15.4. The molecule has 178 valence electrons. The maximum Gasteiger partial charge on any atom is 0.329 e. The molecule has 1 unspecified atom stereocenters. The Bertz CT molecular complexity index is 1320. The van der Waals surface area contributed by atoms with Gasteiger partial charge in [-0.2, -0.15) is 0 Å². The molecule has 1 saturated heterocycles. The summed E-state index contributed by atoms with van der Waals surface area (Å²) in [6.07, 6.45) is 2.01. The molecule has 4 N–H and O–H groups in total. The molecule has 2 aromatic carbocycles. The molecule has 0 saturated carbocycles. The van der Waals surface area contributed by atoms with Crippen LogP contribution in [0.4, 0.5) is 16.2 Å². The van der Waals surface area contributed by atoms with E-state index >= 15 is 0 Å². The van der Waals surface area contributed by atoms with Crippen LogP contribution in [0.2, 0.25) is 0 Å². The van der Waals surface area contributed by atoms with Crippen molar-refractivity contribution in [2.24, 2.45) is 0 Å². The lowest BCUT2D eigenvalue weighted by Crippen LogP contribution is -2.36. The van der Waals surface area contributed by atoms with E-state index in [1.165, 1.54) is 18.2 Å². The van der Waals surface area contributed by atoms with Crippen LogP contribution in [-0.4, -0.2) is 40.7 Å². The van der Waals surface area contributed by atoms with Crippen molar-refractivity contribution in [2.75, 3.05) is 23.8 Å². The molecule has 10 heteroatoms. The first-order valence-electron chi connectivity index (χ1n) is 11.2. The number of nitrogens with one attached hydrogen (secondary N) is 4. The second kappa shape index (κ2) is 9.92. The van der Waals surface area contributed by atoms with Crippen molar-refractivity contribution in [2.45, 2.75) is 38.8 Å². The second-order valence-corrected chi connectivity index (χ2v) is 8.46. The van der Waals surface area contributed by atoms with Crippen LogP contribution in [0.25, 0.3) is 10.9 Å². The molecule has 0 aliphatic carbocycles. The number of aromatic nitrogens is 2. The van der Waals surface area contributed by atoms with Crippen molar-refractivity contribution >= 4 is 34.2 Å². The van der Waals surface area contributed by atoms with Crippen molar-refractivity contribution in [3.63, 3.8) is 0 Å². The van der Waals surface area contributed by atoms with Crippen LogP contribution >= 0.6 is 0 Å². The minimum absolute atomic E-state index is 0.0625. The van der Waals surface area contributed by atoms with Gasteiger partial charge in [-0.05, 0) is 69.2 Å². The Kier molecular flexibility index (Phi) is 6.78. The SMILES string of the molecule is CC(C)n1c(=O)[nH]c2cc(C(=O)Nc3ccc(NC(=O)NCC4CCCO4)cc3)ccc2c1=O. The molecule has 10 nitrogen and oxygen atoms in total. The van der Waals surface area contributed by atoms with Gasteiger partial charge in [0.25, 0.3) is 11.5 Å². The Morgan fingerprint density at radius 2 is 1.79 bits per heavy atom. The van der Waals surface area contributed by atoms with Crippen LogP contribution in [0.3, 0.4) is 0 Å². The van der Waals surface area contributed by atoms with Gasteiger partial charge in [0.1, 0.15) is 0 Å². The van der Waals surface area contributed by atoms with Gasteiger partial charge in [-0.25, -0.2) is 9.59 Å². The summed E-state index contributed by atoms with van der Waals surface area (Å²) in [5, 5.41) is 8.61. The van der Waals surface area contributed by atoms with Gasteiger partial charge in [0.05, 0.1) is 17.0 Å². The van der Waals surface area contributed by atoms with Crippen LogP contribution in [0.15, 0.2) is 52.1 Å². The van der Waals surface area contributed by atoms with Crippen LogP contribution in [0, 0.1) is 0 Å². The van der Waals surface area contributed by atoms with Gasteiger partial charge in [-0.1, -0.05) is 0 Å². The number of nitrogens with zero attached hydrogens (tertiary/aromatic N) is 1. The first-order chi connectivity index (χ1) is 16.3. The van der Waals surface area contributed by atoms with Gasteiger partial charge < -0.3 is 25.7 Å². The summed E-state index contributed by atoms with van der Waals surface area (Å²) >= 11 is 0. The number of carbonyl (C=O) groups excluding carboxylic acids is 2. The first-order valence-corrected chi connectivity index (χ1v) is 11.2. The molecule has 3 amide bonds. The van der Waals surface area contributed by atoms with Crippen LogP contribution in [-0.2, 0) is 4.74 Å². The number of aromatic amines is 1. The van der Waals surface area contributed by atoms with Gasteiger partial charge >= 0.3 is 11.7 Å². The Morgan fingerprint density at radius 1 is 1.09 bits per heavy atom. The van der Waals surface area contributed by atoms with Gasteiger partial charge in [-0.3, -0.25) is 14.2 Å². The number of hydrogen-bond acceptors (Lipinski definition) is 5. The fourth-order valence-corrected chi connectivity index (χ4v) is 3.87. The number of ether oxygens (including phenoxy) is 1. The molecule has 1 aromatic heterocycles. The number of hydrogen-bond donors (Lipinski definition) is 4. The van der Waals surface area contributed by atoms with E-state index in [0.717, 1.165) is 24.0 Å². The molecule has 0 radical (unpaired) electrons. The molecule has 1 fully saturated rings. The molecule has 1 atom stereocenters. The Hall–Kier alpha value is -3.92. The highest BCUT2D eigenvalue weighted by Crippen LogP contribution is 2.16. The van der Waals surface area contributed by atoms with E-state index in [2.05, 4.69) is 20.9 Å². The monoisotopic (exact) mass is 465 g/mol. The van der Waals surface area contributed by atoms with E-state index < -0.39 is 17.2 Å². The fraction of sp³-hybridized carbons (Fsp3) is 0.333. The lowest BCUT2D eigenvalue weighted by molar-refractivity contribution is 0.102. The van der Waals surface area contributed by atoms with Gasteiger partial charge in [-0.15, -0.1) is 0 Å². The van der Waals surface area contributed by atoms with Crippen LogP contribution in [0.1, 0.15) is 43.1 Å². The Labute approximate surface area is 195 Å². The number of amides is 3. The minimum Gasteiger partial charge on any atom is -0.376 e. The molecule has 3 aromatic rings. The summed E-state index contributed by atoms with van der Waals surface area (Å²) in [6.45, 7) is 4.70. The largest absolute Gasteiger partial charge is 0.376 e. The molecule has 1 aliphatic rings. The topological polar surface area (TPSA) is 134 Å². The van der Waals surface area contributed by atoms with Crippen molar-refractivity contribution in [3.05, 3.63) is 68.9 Å². The third-order valence-electron chi connectivity index (χ3n) is 5.62. The van der Waals surface area contributed by atoms with Gasteiger partial charge in [0.15, 0.2) is 0 Å². The average molecular weight is 466 g/mol. The summed E-state index contributed by atoms with van der Waals surface area (Å²) in [4.78, 5) is 52.2.